The summed E-state index contributed by atoms with van der Waals surface area (Å²) in [6, 6.07) is 3.50. The molecule has 0 bridgehead atoms. The van der Waals surface area contributed by atoms with Crippen LogP contribution < -0.4 is 10.6 Å². The highest BCUT2D eigenvalue weighted by Gasteiger charge is 2.47. The molecular formula is C17H24F2N2O2. The summed E-state index contributed by atoms with van der Waals surface area (Å²) in [6.45, 7) is 2.79. The van der Waals surface area contributed by atoms with Gasteiger partial charge in [-0.05, 0) is 37.3 Å². The van der Waals surface area contributed by atoms with Crippen molar-refractivity contribution in [1.29, 1.82) is 0 Å². The Morgan fingerprint density at radius 1 is 1.30 bits per heavy atom. The Morgan fingerprint density at radius 2 is 1.96 bits per heavy atom. The zero-order chi connectivity index (χ0) is 16.9. The number of benzene rings is 1. The lowest BCUT2D eigenvalue weighted by atomic mass is 9.94. The molecule has 0 aromatic heterocycles. The largest absolute Gasteiger partial charge is 0.396 e. The number of urea groups is 1. The Kier molecular flexibility index (Phi) is 5.93. The number of hydrogen-bond acceptors (Lipinski definition) is 2. The van der Waals surface area contributed by atoms with E-state index in [1.807, 2.05) is 6.92 Å². The molecule has 1 fully saturated rings. The quantitative estimate of drug-likeness (QED) is 0.688. The Labute approximate surface area is 135 Å². The smallest absolute Gasteiger partial charge is 0.314 e. The summed E-state index contributed by atoms with van der Waals surface area (Å²) in [4.78, 5) is 11.9. The summed E-state index contributed by atoms with van der Waals surface area (Å²) >= 11 is 0. The van der Waals surface area contributed by atoms with Gasteiger partial charge in [0.25, 0.3) is 0 Å². The Bertz CT molecular complexity index is 527. The van der Waals surface area contributed by atoms with Crippen LogP contribution in [0.25, 0.3) is 0 Å². The number of rotatable bonds is 8. The molecule has 4 nitrogen and oxygen atoms in total. The van der Waals surface area contributed by atoms with Crippen LogP contribution >= 0.6 is 0 Å². The maximum atomic E-state index is 13.9. The number of hydrogen-bond donors (Lipinski definition) is 3. The van der Waals surface area contributed by atoms with Crippen molar-refractivity contribution in [3.63, 3.8) is 0 Å². The van der Waals surface area contributed by atoms with Gasteiger partial charge in [-0.3, -0.25) is 0 Å². The molecule has 1 atom stereocenters. The SMILES string of the molecule is CCC(CCO)CNC(=O)NCC1(c2c(F)cccc2F)CC1. The van der Waals surface area contributed by atoms with E-state index in [2.05, 4.69) is 10.6 Å². The minimum Gasteiger partial charge on any atom is -0.396 e. The van der Waals surface area contributed by atoms with Crippen LogP contribution in [-0.4, -0.2) is 30.8 Å². The molecule has 1 aliphatic carbocycles. The van der Waals surface area contributed by atoms with Crippen molar-refractivity contribution in [2.24, 2.45) is 5.92 Å². The zero-order valence-corrected chi connectivity index (χ0v) is 13.4. The van der Waals surface area contributed by atoms with E-state index in [0.29, 0.717) is 25.8 Å². The van der Waals surface area contributed by atoms with Crippen molar-refractivity contribution in [1.82, 2.24) is 10.6 Å². The highest BCUT2D eigenvalue weighted by molar-refractivity contribution is 5.74. The molecule has 0 heterocycles. The first kappa shape index (κ1) is 17.7. The number of halogens is 2. The van der Waals surface area contributed by atoms with Crippen LogP contribution in [-0.2, 0) is 5.41 Å². The molecule has 3 N–H and O–H groups in total. The molecule has 1 aromatic rings. The lowest BCUT2D eigenvalue weighted by Crippen LogP contribution is -2.42. The molecular weight excluding hydrogens is 302 g/mol. The second-order valence-electron chi connectivity index (χ2n) is 6.23. The van der Waals surface area contributed by atoms with Crippen molar-refractivity contribution >= 4 is 6.03 Å². The monoisotopic (exact) mass is 326 g/mol. The molecule has 2 amide bonds. The van der Waals surface area contributed by atoms with Gasteiger partial charge < -0.3 is 15.7 Å². The number of nitrogens with one attached hydrogen (secondary N) is 2. The highest BCUT2D eigenvalue weighted by atomic mass is 19.1. The van der Waals surface area contributed by atoms with Gasteiger partial charge in [0.15, 0.2) is 0 Å². The number of aliphatic hydroxyl groups excluding tert-OH is 1. The molecule has 2 rings (SSSR count). The van der Waals surface area contributed by atoms with Gasteiger partial charge in [0.05, 0.1) is 0 Å². The van der Waals surface area contributed by atoms with Crippen LogP contribution in [0.4, 0.5) is 13.6 Å². The second-order valence-corrected chi connectivity index (χ2v) is 6.23. The summed E-state index contributed by atoms with van der Waals surface area (Å²) in [5.74, 6) is -0.887. The first-order valence-corrected chi connectivity index (χ1v) is 8.09. The van der Waals surface area contributed by atoms with Crippen molar-refractivity contribution in [2.45, 2.75) is 38.0 Å². The van der Waals surface area contributed by atoms with E-state index in [1.165, 1.54) is 18.2 Å². The lowest BCUT2D eigenvalue weighted by Gasteiger charge is -2.19. The Balaban J connectivity index is 1.87. The third-order valence-corrected chi connectivity index (χ3v) is 4.60. The van der Waals surface area contributed by atoms with Crippen LogP contribution in [0.2, 0.25) is 0 Å². The number of amides is 2. The average molecular weight is 326 g/mol. The standard InChI is InChI=1S/C17H24F2N2O2/c1-2-12(6-9-22)10-20-16(23)21-11-17(7-8-17)15-13(18)4-3-5-14(15)19/h3-5,12,22H,2,6-11H2,1H3,(H2,20,21,23). The van der Waals surface area contributed by atoms with Gasteiger partial charge in [-0.15, -0.1) is 0 Å². The molecule has 1 aromatic carbocycles. The summed E-state index contributed by atoms with van der Waals surface area (Å²) < 4.78 is 27.8. The Hall–Kier alpha value is -1.69. The van der Waals surface area contributed by atoms with Crippen LogP contribution in [0.3, 0.4) is 0 Å². The third kappa shape index (κ3) is 4.41. The maximum Gasteiger partial charge on any atom is 0.314 e. The van der Waals surface area contributed by atoms with Crippen molar-refractivity contribution in [2.75, 3.05) is 19.7 Å². The highest BCUT2D eigenvalue weighted by Crippen LogP contribution is 2.49. The molecule has 6 heteroatoms. The first-order valence-electron chi connectivity index (χ1n) is 8.09. The summed E-state index contributed by atoms with van der Waals surface area (Å²) in [5, 5.41) is 14.4. The predicted molar refractivity (Wildman–Crippen MR) is 84.2 cm³/mol. The van der Waals surface area contributed by atoms with Gasteiger partial charge in [0.1, 0.15) is 11.6 Å². The average Bonchev–Trinajstić information content (AvgIpc) is 3.30. The molecule has 128 valence electrons. The molecule has 1 unspecified atom stereocenters. The van der Waals surface area contributed by atoms with Gasteiger partial charge >= 0.3 is 6.03 Å². The topological polar surface area (TPSA) is 61.4 Å². The molecule has 0 aliphatic heterocycles. The molecule has 1 aliphatic rings. The Morgan fingerprint density at radius 3 is 2.48 bits per heavy atom. The van der Waals surface area contributed by atoms with E-state index < -0.39 is 17.0 Å². The number of aliphatic hydroxyl groups is 1. The second kappa shape index (κ2) is 7.73. The molecule has 0 spiro atoms. The van der Waals surface area contributed by atoms with E-state index in [4.69, 9.17) is 5.11 Å². The fourth-order valence-electron chi connectivity index (χ4n) is 2.85. The zero-order valence-electron chi connectivity index (χ0n) is 13.4. The first-order chi connectivity index (χ1) is 11.0. The van der Waals surface area contributed by atoms with Gasteiger partial charge in [-0.25, -0.2) is 13.6 Å². The minimum absolute atomic E-state index is 0.0759. The van der Waals surface area contributed by atoms with Crippen molar-refractivity contribution in [3.8, 4) is 0 Å². The maximum absolute atomic E-state index is 13.9. The normalized spacial score (nSPS) is 16.7. The molecule has 0 radical (unpaired) electrons. The summed E-state index contributed by atoms with van der Waals surface area (Å²) in [6.07, 6.45) is 2.83. The van der Waals surface area contributed by atoms with Crippen LogP contribution in [0.15, 0.2) is 18.2 Å². The van der Waals surface area contributed by atoms with Crippen molar-refractivity contribution < 1.29 is 18.7 Å². The molecule has 23 heavy (non-hydrogen) atoms. The van der Waals surface area contributed by atoms with Crippen LogP contribution in [0.5, 0.6) is 0 Å². The van der Waals surface area contributed by atoms with E-state index in [-0.39, 0.29) is 30.7 Å². The fourth-order valence-corrected chi connectivity index (χ4v) is 2.85. The third-order valence-electron chi connectivity index (χ3n) is 4.60. The summed E-state index contributed by atoms with van der Waals surface area (Å²) in [7, 11) is 0. The van der Waals surface area contributed by atoms with Gasteiger partial charge in [-0.2, -0.15) is 0 Å². The molecule has 1 saturated carbocycles. The van der Waals surface area contributed by atoms with E-state index in [0.717, 1.165) is 6.42 Å². The van der Waals surface area contributed by atoms with E-state index in [1.54, 1.807) is 0 Å². The summed E-state index contributed by atoms with van der Waals surface area (Å²) in [5.41, 5.74) is -0.547. The van der Waals surface area contributed by atoms with Crippen LogP contribution in [0, 0.1) is 17.6 Å². The molecule has 0 saturated heterocycles. The van der Waals surface area contributed by atoms with Gasteiger partial charge in [0, 0.05) is 30.7 Å². The van der Waals surface area contributed by atoms with Crippen LogP contribution in [0.1, 0.15) is 38.2 Å². The number of carbonyl (C=O) groups is 1. The van der Waals surface area contributed by atoms with Crippen molar-refractivity contribution in [3.05, 3.63) is 35.4 Å². The lowest BCUT2D eigenvalue weighted by molar-refractivity contribution is 0.229. The van der Waals surface area contributed by atoms with E-state index >= 15 is 0 Å². The van der Waals surface area contributed by atoms with Gasteiger partial charge in [0.2, 0.25) is 0 Å². The van der Waals surface area contributed by atoms with E-state index in [9.17, 15) is 13.6 Å². The number of carbonyl (C=O) groups excluding carboxylic acids is 1. The predicted octanol–water partition coefficient (Wildman–Crippen LogP) is 2.70. The minimum atomic E-state index is -0.623. The van der Waals surface area contributed by atoms with Gasteiger partial charge in [-0.1, -0.05) is 19.4 Å². The fraction of sp³-hybridized carbons (Fsp3) is 0.588.